The van der Waals surface area contributed by atoms with Gasteiger partial charge in [0.2, 0.25) is 15.9 Å². The summed E-state index contributed by atoms with van der Waals surface area (Å²) < 4.78 is 88.2. The first-order valence-corrected chi connectivity index (χ1v) is 18.6. The molecule has 8 rings (SSSR count). The van der Waals surface area contributed by atoms with Crippen LogP contribution in [0.25, 0.3) is 0 Å². The Morgan fingerprint density at radius 1 is 0.939 bits per heavy atom. The van der Waals surface area contributed by atoms with Crippen molar-refractivity contribution in [2.45, 2.75) is 78.0 Å². The van der Waals surface area contributed by atoms with E-state index < -0.39 is 51.1 Å². The quantitative estimate of drug-likeness (QED) is 0.0843. The number of carbonyl (C=O) groups excluding carboxylic acids is 2. The van der Waals surface area contributed by atoms with Gasteiger partial charge in [-0.3, -0.25) is 4.79 Å². The van der Waals surface area contributed by atoms with Gasteiger partial charge in [-0.15, -0.1) is 0 Å². The fourth-order valence-corrected chi connectivity index (χ4v) is 10.8. The minimum Gasteiger partial charge on any atom is -0.748 e. The highest BCUT2D eigenvalue weighted by Crippen LogP contribution is 2.63. The molecule has 4 fully saturated rings. The lowest BCUT2D eigenvalue weighted by molar-refractivity contribution is -0.236. The Balaban J connectivity index is 0.000000181. The number of hydrogen-bond acceptors (Lipinski definition) is 8. The summed E-state index contributed by atoms with van der Waals surface area (Å²) >= 11 is 0. The molecule has 1 aliphatic heterocycles. The van der Waals surface area contributed by atoms with Crippen LogP contribution in [0.5, 0.6) is 11.5 Å². The molecule has 0 aromatic heterocycles. The number of esters is 2. The van der Waals surface area contributed by atoms with Gasteiger partial charge in [0.05, 0.1) is 21.3 Å². The van der Waals surface area contributed by atoms with Gasteiger partial charge >= 0.3 is 18.1 Å². The van der Waals surface area contributed by atoms with Gasteiger partial charge in [-0.05, 0) is 87.3 Å². The molecule has 0 N–H and O–H groups in total. The molecular weight excluding hydrogens is 682 g/mol. The second-order valence-electron chi connectivity index (χ2n) is 13.4. The van der Waals surface area contributed by atoms with Crippen molar-refractivity contribution < 1.29 is 49.9 Å². The topological polar surface area (TPSA) is 119 Å². The van der Waals surface area contributed by atoms with Crippen molar-refractivity contribution in [2.75, 3.05) is 5.75 Å². The summed E-state index contributed by atoms with van der Waals surface area (Å²) in [6.07, 6.45) is -5.85. The highest BCUT2D eigenvalue weighted by molar-refractivity contribution is 7.97. The van der Waals surface area contributed by atoms with Crippen LogP contribution in [0.4, 0.5) is 13.2 Å². The summed E-state index contributed by atoms with van der Waals surface area (Å²) in [5.41, 5.74) is -2.09. The van der Waals surface area contributed by atoms with Gasteiger partial charge in [0, 0.05) is 12.0 Å². The van der Waals surface area contributed by atoms with Crippen LogP contribution in [0.2, 0.25) is 0 Å². The van der Waals surface area contributed by atoms with E-state index in [2.05, 4.69) is 65.9 Å². The Labute approximate surface area is 285 Å². The van der Waals surface area contributed by atoms with Crippen molar-refractivity contribution in [1.82, 2.24) is 0 Å². The standard InChI is InChI=1S/C18H23F3O7S.C18H13OS/c1-10(2)14(22)28-17-6-11-3-12(7-17)5-16(4-11,9-17)15(23)27-13(18(19,20)21)8-29(24,25)26;1-2-8-14(9-3-1)20-17-12-6-4-10-15(17)19-16-11-5-7-13-18(16)20/h11-13H,1,3-9H2,2H3,(H,24,25,26);1-13H/q;+1/p-1. The lowest BCUT2D eigenvalue weighted by atomic mass is 9.48. The molecule has 1 heterocycles. The number of fused-ring (bicyclic) bond motifs is 2. The summed E-state index contributed by atoms with van der Waals surface area (Å²) in [6, 6.07) is 27.3. The van der Waals surface area contributed by atoms with Crippen LogP contribution in [0.15, 0.2) is 106 Å². The number of benzene rings is 3. The molecule has 3 unspecified atom stereocenters. The summed E-state index contributed by atoms with van der Waals surface area (Å²) in [6.45, 7) is 5.00. The van der Waals surface area contributed by atoms with Crippen LogP contribution in [0, 0.1) is 17.3 Å². The van der Waals surface area contributed by atoms with Crippen molar-refractivity contribution in [3.05, 3.63) is 91.0 Å². The van der Waals surface area contributed by atoms with Crippen LogP contribution in [0.3, 0.4) is 0 Å². The molecule has 260 valence electrons. The van der Waals surface area contributed by atoms with E-state index in [0.29, 0.717) is 12.8 Å². The number of hydrogen-bond donors (Lipinski definition) is 0. The molecule has 4 saturated carbocycles. The third-order valence-corrected chi connectivity index (χ3v) is 12.4. The fourth-order valence-electron chi connectivity index (χ4n) is 7.91. The highest BCUT2D eigenvalue weighted by Gasteiger charge is 2.64. The molecule has 4 aliphatic carbocycles. The normalized spacial score (nSPS) is 25.8. The summed E-state index contributed by atoms with van der Waals surface area (Å²) in [5.74, 6) is -1.78. The molecule has 8 nitrogen and oxygen atoms in total. The molecule has 3 atom stereocenters. The number of halogens is 3. The molecule has 5 aliphatic rings. The van der Waals surface area contributed by atoms with E-state index in [-0.39, 0.29) is 47.6 Å². The molecule has 3 aromatic carbocycles. The van der Waals surface area contributed by atoms with E-state index in [1.165, 1.54) is 21.6 Å². The first-order chi connectivity index (χ1) is 23.1. The maximum atomic E-state index is 13.2. The molecule has 0 radical (unpaired) electrons. The average molecular weight is 717 g/mol. The zero-order chi connectivity index (χ0) is 35.2. The van der Waals surface area contributed by atoms with Gasteiger partial charge in [0.25, 0.3) is 0 Å². The first kappa shape index (κ1) is 35.0. The molecule has 4 bridgehead atoms. The molecule has 0 amide bonds. The Morgan fingerprint density at radius 2 is 1.47 bits per heavy atom. The van der Waals surface area contributed by atoms with Gasteiger partial charge in [0.15, 0.2) is 16.4 Å². The van der Waals surface area contributed by atoms with Crippen molar-refractivity contribution in [1.29, 1.82) is 0 Å². The third-order valence-electron chi connectivity index (χ3n) is 9.40. The van der Waals surface area contributed by atoms with Gasteiger partial charge in [0.1, 0.15) is 16.5 Å². The van der Waals surface area contributed by atoms with Crippen molar-refractivity contribution in [2.24, 2.45) is 17.3 Å². The average Bonchev–Trinajstić information content (AvgIpc) is 3.02. The van der Waals surface area contributed by atoms with E-state index in [0.717, 1.165) is 17.9 Å². The molecule has 49 heavy (non-hydrogen) atoms. The van der Waals surface area contributed by atoms with Crippen LogP contribution in [-0.4, -0.2) is 48.5 Å². The molecular formula is C36H35F3O8S2. The maximum absolute atomic E-state index is 13.2. The smallest absolute Gasteiger partial charge is 0.426 e. The van der Waals surface area contributed by atoms with Crippen LogP contribution in [-0.2, 0) is 40.1 Å². The number of carbonyl (C=O) groups is 2. The lowest BCUT2D eigenvalue weighted by Crippen LogP contribution is -2.60. The van der Waals surface area contributed by atoms with Crippen LogP contribution in [0.1, 0.15) is 45.4 Å². The van der Waals surface area contributed by atoms with Crippen molar-refractivity contribution >= 4 is 33.0 Å². The highest BCUT2D eigenvalue weighted by atomic mass is 32.2. The lowest BCUT2D eigenvalue weighted by Gasteiger charge is -2.59. The van der Waals surface area contributed by atoms with E-state index in [4.69, 9.17) is 9.47 Å². The molecule has 13 heteroatoms. The Morgan fingerprint density at radius 3 is 1.98 bits per heavy atom. The Hall–Kier alpha value is -3.81. The monoisotopic (exact) mass is 716 g/mol. The first-order valence-electron chi connectivity index (χ1n) is 15.8. The Bertz CT molecular complexity index is 1800. The maximum Gasteiger partial charge on any atom is 0.426 e. The van der Waals surface area contributed by atoms with Crippen molar-refractivity contribution in [3.63, 3.8) is 0 Å². The minimum atomic E-state index is -5.27. The largest absolute Gasteiger partial charge is 0.748 e. The van der Waals surface area contributed by atoms with Gasteiger partial charge < -0.3 is 18.8 Å². The predicted molar refractivity (Wildman–Crippen MR) is 173 cm³/mol. The number of rotatable bonds is 7. The second-order valence-corrected chi connectivity index (χ2v) is 16.8. The van der Waals surface area contributed by atoms with E-state index in [1.807, 2.05) is 24.3 Å². The fraction of sp³-hybridized carbons (Fsp3) is 0.389. The van der Waals surface area contributed by atoms with E-state index in [1.54, 1.807) is 0 Å². The number of alkyl halides is 3. The van der Waals surface area contributed by atoms with E-state index in [9.17, 15) is 35.7 Å². The predicted octanol–water partition coefficient (Wildman–Crippen LogP) is 7.35. The van der Waals surface area contributed by atoms with Gasteiger partial charge in [-0.25, -0.2) is 13.2 Å². The Kier molecular flexibility index (Phi) is 9.40. The van der Waals surface area contributed by atoms with Gasteiger partial charge in [-0.2, -0.15) is 13.2 Å². The number of ether oxygens (including phenoxy) is 3. The zero-order valence-corrected chi connectivity index (χ0v) is 28.2. The third kappa shape index (κ3) is 7.53. The van der Waals surface area contributed by atoms with Crippen molar-refractivity contribution in [3.8, 4) is 11.5 Å². The summed E-state index contributed by atoms with van der Waals surface area (Å²) in [5, 5.41) is 0. The zero-order valence-electron chi connectivity index (χ0n) is 26.6. The molecule has 3 aromatic rings. The van der Waals surface area contributed by atoms with Gasteiger partial charge in [-0.1, -0.05) is 49.0 Å². The molecule has 0 spiro atoms. The second kappa shape index (κ2) is 13.1. The van der Waals surface area contributed by atoms with Crippen LogP contribution >= 0.6 is 0 Å². The number of para-hydroxylation sites is 2. The minimum absolute atomic E-state index is 0.0134. The van der Waals surface area contributed by atoms with Crippen LogP contribution < -0.4 is 4.74 Å². The molecule has 0 saturated heterocycles. The summed E-state index contributed by atoms with van der Waals surface area (Å²) in [4.78, 5) is 28.8. The summed E-state index contributed by atoms with van der Waals surface area (Å²) in [7, 11) is -5.35. The SMILES string of the molecule is C=C(C)C(=O)OC12CC3CC(C1)CC(C(=O)OC(CS(=O)(=O)[O-])C(F)(F)F)(C3)C2.c1ccc([S+]2c3ccccc3Oc3ccccc32)cc1. The van der Waals surface area contributed by atoms with E-state index >= 15 is 0 Å².